The van der Waals surface area contributed by atoms with Crippen molar-refractivity contribution < 1.29 is 19.4 Å². The molecular formula is C27H23ClN2O4. The van der Waals surface area contributed by atoms with E-state index in [0.29, 0.717) is 28.5 Å². The minimum atomic E-state index is -0.783. The number of likely N-dealkylation sites (tertiary alicyclic amines) is 1. The van der Waals surface area contributed by atoms with Gasteiger partial charge in [-0.3, -0.25) is 14.6 Å². The fourth-order valence-corrected chi connectivity index (χ4v) is 4.11. The topological polar surface area (TPSA) is 79.7 Å². The van der Waals surface area contributed by atoms with Crippen LogP contribution in [0.1, 0.15) is 28.3 Å². The SMILES string of the molecule is C=CCOc1ccc(C(O)=C2C(=O)C(=O)N(Cc3cccnc3)C2c2ccc(Cl)cc2)cc1C. The first-order valence-electron chi connectivity index (χ1n) is 10.7. The van der Waals surface area contributed by atoms with Gasteiger partial charge in [-0.05, 0) is 60.0 Å². The molecule has 1 N–H and O–H groups in total. The molecule has 3 aromatic rings. The molecule has 1 amide bonds. The number of aryl methyl sites for hydroxylation is 1. The quantitative estimate of drug-likeness (QED) is 0.219. The number of aliphatic hydroxyl groups excluding tert-OH is 1. The average molecular weight is 475 g/mol. The van der Waals surface area contributed by atoms with Gasteiger partial charge in [0, 0.05) is 29.5 Å². The lowest BCUT2D eigenvalue weighted by Gasteiger charge is -2.25. The fraction of sp³-hybridized carbons (Fsp3) is 0.148. The van der Waals surface area contributed by atoms with Crippen LogP contribution in [0.5, 0.6) is 5.75 Å². The van der Waals surface area contributed by atoms with Gasteiger partial charge in [0.05, 0.1) is 11.6 Å². The van der Waals surface area contributed by atoms with E-state index < -0.39 is 17.7 Å². The third kappa shape index (κ3) is 4.58. The molecule has 0 saturated carbocycles. The third-order valence-corrected chi connectivity index (χ3v) is 5.86. The number of hydrogen-bond donors (Lipinski definition) is 1. The molecule has 1 fully saturated rings. The third-order valence-electron chi connectivity index (χ3n) is 5.61. The zero-order chi connectivity index (χ0) is 24.2. The van der Waals surface area contributed by atoms with Crippen molar-refractivity contribution in [1.82, 2.24) is 9.88 Å². The molecule has 0 aliphatic carbocycles. The van der Waals surface area contributed by atoms with Gasteiger partial charge < -0.3 is 14.7 Å². The molecule has 2 heterocycles. The van der Waals surface area contributed by atoms with E-state index in [9.17, 15) is 14.7 Å². The number of amides is 1. The number of carbonyl (C=O) groups excluding carboxylic acids is 2. The van der Waals surface area contributed by atoms with Crippen LogP contribution in [0.2, 0.25) is 5.02 Å². The summed E-state index contributed by atoms with van der Waals surface area (Å²) in [4.78, 5) is 31.8. The lowest BCUT2D eigenvalue weighted by molar-refractivity contribution is -0.140. The second kappa shape index (κ2) is 9.93. The highest BCUT2D eigenvalue weighted by molar-refractivity contribution is 6.46. The van der Waals surface area contributed by atoms with Crippen molar-refractivity contribution >= 4 is 29.1 Å². The number of ketones is 1. The first-order valence-corrected chi connectivity index (χ1v) is 11.1. The number of Topliss-reactive ketones (excluding diaryl/α,β-unsaturated/α-hetero) is 1. The Balaban J connectivity index is 1.81. The Labute approximate surface area is 202 Å². The van der Waals surface area contributed by atoms with Crippen molar-refractivity contribution in [2.24, 2.45) is 0 Å². The van der Waals surface area contributed by atoms with Crippen LogP contribution in [0.15, 0.2) is 85.2 Å². The second-order valence-electron chi connectivity index (χ2n) is 7.92. The Kier molecular flexibility index (Phi) is 6.80. The van der Waals surface area contributed by atoms with Gasteiger partial charge in [0.1, 0.15) is 18.1 Å². The molecule has 7 heteroatoms. The molecule has 172 valence electrons. The van der Waals surface area contributed by atoms with Crippen molar-refractivity contribution in [1.29, 1.82) is 0 Å². The van der Waals surface area contributed by atoms with Crippen LogP contribution in [0.25, 0.3) is 5.76 Å². The molecule has 1 aliphatic rings. The molecule has 1 atom stereocenters. The van der Waals surface area contributed by atoms with Gasteiger partial charge in [0.25, 0.3) is 11.7 Å². The van der Waals surface area contributed by atoms with Crippen LogP contribution < -0.4 is 4.74 Å². The van der Waals surface area contributed by atoms with Crippen LogP contribution in [-0.2, 0) is 16.1 Å². The standard InChI is InChI=1S/C27H23ClN2O4/c1-3-13-34-22-11-8-20(14-17(22)2)25(31)23-24(19-6-9-21(28)10-7-19)30(27(33)26(23)32)16-18-5-4-12-29-15-18/h3-12,14-15,24,31H,1,13,16H2,2H3. The maximum absolute atomic E-state index is 13.2. The molecule has 0 spiro atoms. The number of pyridine rings is 1. The van der Waals surface area contributed by atoms with Crippen molar-refractivity contribution in [3.05, 3.63) is 112 Å². The fourth-order valence-electron chi connectivity index (χ4n) is 3.99. The van der Waals surface area contributed by atoms with E-state index in [2.05, 4.69) is 11.6 Å². The van der Waals surface area contributed by atoms with Gasteiger partial charge >= 0.3 is 0 Å². The number of benzene rings is 2. The second-order valence-corrected chi connectivity index (χ2v) is 8.36. The molecule has 1 aromatic heterocycles. The zero-order valence-electron chi connectivity index (χ0n) is 18.6. The van der Waals surface area contributed by atoms with Gasteiger partial charge in [-0.1, -0.05) is 42.5 Å². The summed E-state index contributed by atoms with van der Waals surface area (Å²) in [6, 6.07) is 14.8. The smallest absolute Gasteiger partial charge is 0.295 e. The van der Waals surface area contributed by atoms with E-state index in [1.165, 1.54) is 4.90 Å². The molecule has 1 saturated heterocycles. The Bertz CT molecular complexity index is 1270. The summed E-state index contributed by atoms with van der Waals surface area (Å²) in [5, 5.41) is 11.8. The average Bonchev–Trinajstić information content (AvgIpc) is 3.09. The number of halogens is 1. The van der Waals surface area contributed by atoms with E-state index >= 15 is 0 Å². The lowest BCUT2D eigenvalue weighted by atomic mass is 9.94. The van der Waals surface area contributed by atoms with Gasteiger partial charge in [-0.25, -0.2) is 0 Å². The van der Waals surface area contributed by atoms with Crippen LogP contribution >= 0.6 is 11.6 Å². The minimum Gasteiger partial charge on any atom is -0.507 e. The van der Waals surface area contributed by atoms with E-state index in [1.807, 2.05) is 13.0 Å². The molecule has 4 rings (SSSR count). The zero-order valence-corrected chi connectivity index (χ0v) is 19.3. The predicted octanol–water partition coefficient (Wildman–Crippen LogP) is 5.23. The van der Waals surface area contributed by atoms with Crippen LogP contribution in [-0.4, -0.2) is 33.3 Å². The summed E-state index contributed by atoms with van der Waals surface area (Å²) in [7, 11) is 0. The number of nitrogens with zero attached hydrogens (tertiary/aromatic N) is 2. The summed E-state index contributed by atoms with van der Waals surface area (Å²) >= 11 is 6.07. The molecular weight excluding hydrogens is 452 g/mol. The Morgan fingerprint density at radius 2 is 1.97 bits per heavy atom. The van der Waals surface area contributed by atoms with Gasteiger partial charge in [0.2, 0.25) is 0 Å². The summed E-state index contributed by atoms with van der Waals surface area (Å²) in [6.07, 6.45) is 4.92. The van der Waals surface area contributed by atoms with Crippen LogP contribution in [0.3, 0.4) is 0 Å². The molecule has 1 unspecified atom stereocenters. The maximum Gasteiger partial charge on any atom is 0.295 e. The monoisotopic (exact) mass is 474 g/mol. The number of ether oxygens (including phenoxy) is 1. The first-order chi connectivity index (χ1) is 16.4. The molecule has 6 nitrogen and oxygen atoms in total. The van der Waals surface area contributed by atoms with E-state index in [-0.39, 0.29) is 17.9 Å². The van der Waals surface area contributed by atoms with E-state index in [4.69, 9.17) is 16.3 Å². The normalized spacial score (nSPS) is 17.1. The summed E-state index contributed by atoms with van der Waals surface area (Å²) < 4.78 is 5.61. The molecule has 1 aliphatic heterocycles. The van der Waals surface area contributed by atoms with Crippen LogP contribution in [0, 0.1) is 6.92 Å². The largest absolute Gasteiger partial charge is 0.507 e. The van der Waals surface area contributed by atoms with Gasteiger partial charge in [0.15, 0.2) is 0 Å². The first kappa shape index (κ1) is 23.3. The predicted molar refractivity (Wildman–Crippen MR) is 130 cm³/mol. The number of aromatic nitrogens is 1. The van der Waals surface area contributed by atoms with Gasteiger partial charge in [-0.2, -0.15) is 0 Å². The van der Waals surface area contributed by atoms with Crippen molar-refractivity contribution in [2.45, 2.75) is 19.5 Å². The Morgan fingerprint density at radius 3 is 2.62 bits per heavy atom. The number of rotatable bonds is 7. The highest BCUT2D eigenvalue weighted by Crippen LogP contribution is 2.41. The van der Waals surface area contributed by atoms with Gasteiger partial charge in [-0.15, -0.1) is 0 Å². The van der Waals surface area contributed by atoms with Crippen molar-refractivity contribution in [3.8, 4) is 5.75 Å². The van der Waals surface area contributed by atoms with Crippen molar-refractivity contribution in [2.75, 3.05) is 6.61 Å². The number of hydrogen-bond acceptors (Lipinski definition) is 5. The minimum absolute atomic E-state index is 0.0235. The summed E-state index contributed by atoms with van der Waals surface area (Å²) in [5.41, 5.74) is 2.65. The Morgan fingerprint density at radius 1 is 1.21 bits per heavy atom. The number of aliphatic hydroxyl groups is 1. The highest BCUT2D eigenvalue weighted by atomic mass is 35.5. The summed E-state index contributed by atoms with van der Waals surface area (Å²) in [5.74, 6) is -1.04. The molecule has 34 heavy (non-hydrogen) atoms. The summed E-state index contributed by atoms with van der Waals surface area (Å²) in [6.45, 7) is 5.99. The maximum atomic E-state index is 13.2. The number of carbonyl (C=O) groups is 2. The van der Waals surface area contributed by atoms with E-state index in [0.717, 1.165) is 11.1 Å². The van der Waals surface area contributed by atoms with Crippen molar-refractivity contribution in [3.63, 3.8) is 0 Å². The molecule has 2 aromatic carbocycles. The lowest BCUT2D eigenvalue weighted by Crippen LogP contribution is -2.29. The molecule has 0 bridgehead atoms. The molecule has 0 radical (unpaired) electrons. The highest BCUT2D eigenvalue weighted by Gasteiger charge is 2.46. The Hall–Kier alpha value is -3.90. The van der Waals surface area contributed by atoms with Crippen LogP contribution in [0.4, 0.5) is 0 Å². The van der Waals surface area contributed by atoms with E-state index in [1.54, 1.807) is 67.0 Å².